The Kier molecular flexibility index (Phi) is 6.39. The topological polar surface area (TPSA) is 37.8 Å². The minimum absolute atomic E-state index is 0.497. The minimum Gasteiger partial charge on any atom is -0.312 e. The second-order valence-electron chi connectivity index (χ2n) is 6.56. The second kappa shape index (κ2) is 9.35. The number of halogens is 2. The summed E-state index contributed by atoms with van der Waals surface area (Å²) in [6.45, 7) is 1.62. The second-order valence-corrected chi connectivity index (χ2v) is 8.11. The van der Waals surface area contributed by atoms with Gasteiger partial charge in [0.05, 0.1) is 0 Å². The monoisotopic (exact) mass is 423 g/mol. The van der Waals surface area contributed by atoms with E-state index in [1.165, 1.54) is 22.5 Å². The molecule has 0 amide bonds. The van der Waals surface area contributed by atoms with Gasteiger partial charge in [-0.3, -0.25) is 4.98 Å². The van der Waals surface area contributed by atoms with Gasteiger partial charge in [0.15, 0.2) is 0 Å². The fourth-order valence-electron chi connectivity index (χ4n) is 3.12. The number of aromatic nitrogens is 2. The predicted octanol–water partition coefficient (Wildman–Crippen LogP) is 5.97. The van der Waals surface area contributed by atoms with Crippen LogP contribution in [0.4, 0.5) is 4.39 Å². The molecule has 4 aromatic rings. The summed E-state index contributed by atoms with van der Waals surface area (Å²) in [5.41, 5.74) is 2.76. The van der Waals surface area contributed by atoms with Gasteiger partial charge in [0, 0.05) is 63.9 Å². The zero-order valence-electron chi connectivity index (χ0n) is 15.6. The lowest BCUT2D eigenvalue weighted by molar-refractivity contribution is 0.584. The quantitative estimate of drug-likeness (QED) is 0.226. The van der Waals surface area contributed by atoms with Crippen LogP contribution in [0.15, 0.2) is 78.1 Å². The highest BCUT2D eigenvalue weighted by Crippen LogP contribution is 2.29. The van der Waals surface area contributed by atoms with Crippen LogP contribution in [0, 0.1) is 5.95 Å². The van der Waals surface area contributed by atoms with Crippen LogP contribution in [0.25, 0.3) is 21.9 Å². The van der Waals surface area contributed by atoms with E-state index in [9.17, 15) is 4.39 Å². The van der Waals surface area contributed by atoms with Crippen molar-refractivity contribution in [1.29, 1.82) is 0 Å². The molecule has 0 spiro atoms. The molecular formula is C23H19ClFN3S. The van der Waals surface area contributed by atoms with Gasteiger partial charge in [0.25, 0.3) is 0 Å². The van der Waals surface area contributed by atoms with Crippen molar-refractivity contribution >= 4 is 34.1 Å². The van der Waals surface area contributed by atoms with Crippen molar-refractivity contribution < 1.29 is 4.39 Å². The maximum Gasteiger partial charge on any atom is 0.212 e. The molecule has 0 aliphatic heterocycles. The van der Waals surface area contributed by atoms with Crippen molar-refractivity contribution in [2.75, 3.05) is 12.3 Å². The van der Waals surface area contributed by atoms with Crippen molar-refractivity contribution in [3.63, 3.8) is 0 Å². The molecule has 0 unspecified atom stereocenters. The van der Waals surface area contributed by atoms with Crippen LogP contribution in [0.1, 0.15) is 5.56 Å². The Bertz CT molecular complexity index is 1110. The largest absolute Gasteiger partial charge is 0.312 e. The van der Waals surface area contributed by atoms with Gasteiger partial charge >= 0.3 is 0 Å². The number of nitrogens with one attached hydrogen (secondary N) is 1. The molecule has 2 heterocycles. The molecule has 4 rings (SSSR count). The Balaban J connectivity index is 1.30. The molecule has 2 aromatic carbocycles. The Morgan fingerprint density at radius 2 is 1.97 bits per heavy atom. The zero-order valence-corrected chi connectivity index (χ0v) is 17.2. The lowest BCUT2D eigenvalue weighted by atomic mass is 10.1. The first-order chi connectivity index (χ1) is 14.2. The van der Waals surface area contributed by atoms with Crippen LogP contribution in [0.5, 0.6) is 0 Å². The van der Waals surface area contributed by atoms with Gasteiger partial charge in [0.1, 0.15) is 0 Å². The van der Waals surface area contributed by atoms with Crippen molar-refractivity contribution in [3.8, 4) is 11.1 Å². The Hall–Kier alpha value is -2.47. The molecule has 2 aromatic heterocycles. The van der Waals surface area contributed by atoms with Crippen LogP contribution in [0.3, 0.4) is 0 Å². The van der Waals surface area contributed by atoms with E-state index < -0.39 is 5.95 Å². The molecule has 0 fully saturated rings. The first kappa shape index (κ1) is 19.8. The summed E-state index contributed by atoms with van der Waals surface area (Å²) in [7, 11) is 0. The smallest absolute Gasteiger partial charge is 0.212 e. The normalized spacial score (nSPS) is 11.1. The van der Waals surface area contributed by atoms with E-state index in [0.29, 0.717) is 5.02 Å². The first-order valence-electron chi connectivity index (χ1n) is 9.27. The fourth-order valence-corrected chi connectivity index (χ4v) is 4.42. The molecule has 0 radical (unpaired) electrons. The van der Waals surface area contributed by atoms with Gasteiger partial charge in [-0.1, -0.05) is 35.9 Å². The summed E-state index contributed by atoms with van der Waals surface area (Å²) in [6.07, 6.45) is 5.22. The van der Waals surface area contributed by atoms with E-state index >= 15 is 0 Å². The Morgan fingerprint density at radius 1 is 1.03 bits per heavy atom. The summed E-state index contributed by atoms with van der Waals surface area (Å²) < 4.78 is 13.0. The van der Waals surface area contributed by atoms with Crippen LogP contribution in [-0.4, -0.2) is 22.3 Å². The van der Waals surface area contributed by atoms with Crippen molar-refractivity contribution in [1.82, 2.24) is 15.3 Å². The van der Waals surface area contributed by atoms with Crippen LogP contribution < -0.4 is 5.32 Å². The molecule has 6 heteroatoms. The average molecular weight is 424 g/mol. The Morgan fingerprint density at radius 3 is 2.79 bits per heavy atom. The lowest BCUT2D eigenvalue weighted by Gasteiger charge is -2.09. The molecule has 0 saturated carbocycles. The molecule has 0 aliphatic carbocycles. The summed E-state index contributed by atoms with van der Waals surface area (Å²) in [5.74, 6) is 0.470. The molecule has 0 aliphatic rings. The number of fused-ring (bicyclic) bond motifs is 1. The van der Waals surface area contributed by atoms with E-state index in [0.717, 1.165) is 40.9 Å². The minimum atomic E-state index is -0.497. The van der Waals surface area contributed by atoms with Crippen molar-refractivity contribution in [3.05, 3.63) is 89.7 Å². The fraction of sp³-hybridized carbons (Fsp3) is 0.130. The number of thioether (sulfide) groups is 1. The van der Waals surface area contributed by atoms with Crippen LogP contribution >= 0.6 is 23.4 Å². The molecule has 1 N–H and O–H groups in total. The summed E-state index contributed by atoms with van der Waals surface area (Å²) in [6, 6.07) is 17.3. The van der Waals surface area contributed by atoms with Crippen LogP contribution in [0.2, 0.25) is 5.02 Å². The molecule has 0 atom stereocenters. The van der Waals surface area contributed by atoms with Gasteiger partial charge in [-0.2, -0.15) is 4.39 Å². The van der Waals surface area contributed by atoms with Gasteiger partial charge in [-0.15, -0.1) is 11.8 Å². The number of nitrogens with zero attached hydrogens (tertiary/aromatic N) is 2. The highest BCUT2D eigenvalue weighted by atomic mass is 35.5. The van der Waals surface area contributed by atoms with Crippen molar-refractivity contribution in [2.24, 2.45) is 0 Å². The van der Waals surface area contributed by atoms with Gasteiger partial charge in [-0.05, 0) is 41.3 Å². The maximum absolute atomic E-state index is 13.0. The summed E-state index contributed by atoms with van der Waals surface area (Å²) in [4.78, 5) is 9.14. The van der Waals surface area contributed by atoms with E-state index in [4.69, 9.17) is 11.6 Å². The predicted molar refractivity (Wildman–Crippen MR) is 119 cm³/mol. The van der Waals surface area contributed by atoms with E-state index in [1.54, 1.807) is 6.07 Å². The number of benzene rings is 2. The highest BCUT2D eigenvalue weighted by molar-refractivity contribution is 7.99. The van der Waals surface area contributed by atoms with Crippen LogP contribution in [-0.2, 0) is 6.54 Å². The number of hydrogen-bond donors (Lipinski definition) is 1. The maximum atomic E-state index is 13.0. The van der Waals surface area contributed by atoms with Gasteiger partial charge < -0.3 is 5.32 Å². The average Bonchev–Trinajstić information content (AvgIpc) is 2.74. The summed E-state index contributed by atoms with van der Waals surface area (Å²) >= 11 is 8.26. The number of hydrogen-bond acceptors (Lipinski definition) is 4. The SMILES string of the molecule is Fc1ccc(-c2ccc(CNCCSc3cccc4cnccc34)cc2Cl)cn1. The molecule has 146 valence electrons. The number of pyridine rings is 2. The molecule has 3 nitrogen and oxygen atoms in total. The van der Waals surface area contributed by atoms with Gasteiger partial charge in [0.2, 0.25) is 5.95 Å². The highest BCUT2D eigenvalue weighted by Gasteiger charge is 2.06. The third kappa shape index (κ3) is 4.93. The third-order valence-electron chi connectivity index (χ3n) is 4.58. The molecule has 0 saturated heterocycles. The van der Waals surface area contributed by atoms with E-state index in [1.807, 2.05) is 42.4 Å². The van der Waals surface area contributed by atoms with E-state index in [2.05, 4.69) is 39.6 Å². The Labute approximate surface area is 178 Å². The molecular weight excluding hydrogens is 405 g/mol. The third-order valence-corrected chi connectivity index (χ3v) is 5.97. The number of rotatable bonds is 7. The zero-order chi connectivity index (χ0) is 20.1. The lowest BCUT2D eigenvalue weighted by Crippen LogP contribution is -2.16. The van der Waals surface area contributed by atoms with Crippen molar-refractivity contribution in [2.45, 2.75) is 11.4 Å². The molecule has 0 bridgehead atoms. The summed E-state index contributed by atoms with van der Waals surface area (Å²) in [5, 5.41) is 6.50. The van der Waals surface area contributed by atoms with E-state index in [-0.39, 0.29) is 0 Å². The molecule has 29 heavy (non-hydrogen) atoms. The first-order valence-corrected chi connectivity index (χ1v) is 10.6. The standard InChI is InChI=1S/C23H19ClFN3S/c24-21-12-16(4-6-19(21)18-5-7-23(25)28-15-18)13-27-10-11-29-22-3-1-2-17-14-26-9-8-20(17)22/h1-9,12,14-15,27H,10-11,13H2. The van der Waals surface area contributed by atoms with Gasteiger partial charge in [-0.25, -0.2) is 4.98 Å².